The fraction of sp³-hybridized carbons (Fsp3) is 0.875. The molecule has 15 heavy (non-hydrogen) atoms. The molecule has 2 N–H and O–H groups in total. The standard InChI is InChI=1S/C8H16N6S/c1(2-10-8-11-12-13-15-8)5-14-6-3-9-4-7-14/h9H,1-7H2,(H,10,11,13). The highest BCUT2D eigenvalue weighted by Crippen LogP contribution is 2.04. The Morgan fingerprint density at radius 2 is 2.27 bits per heavy atom. The van der Waals surface area contributed by atoms with Crippen molar-refractivity contribution in [2.75, 3.05) is 44.6 Å². The van der Waals surface area contributed by atoms with E-state index < -0.39 is 0 Å². The summed E-state index contributed by atoms with van der Waals surface area (Å²) in [4.78, 5) is 2.48. The van der Waals surface area contributed by atoms with Gasteiger partial charge < -0.3 is 15.5 Å². The van der Waals surface area contributed by atoms with E-state index in [1.807, 2.05) is 0 Å². The van der Waals surface area contributed by atoms with Gasteiger partial charge in [-0.15, -0.1) is 0 Å². The Morgan fingerprint density at radius 3 is 3.00 bits per heavy atom. The molecule has 0 atom stereocenters. The first kappa shape index (κ1) is 10.7. The summed E-state index contributed by atoms with van der Waals surface area (Å²) in [5, 5.41) is 14.7. The first-order chi connectivity index (χ1) is 7.45. The summed E-state index contributed by atoms with van der Waals surface area (Å²) in [7, 11) is 0. The van der Waals surface area contributed by atoms with Crippen LogP contribution in [0.5, 0.6) is 0 Å². The molecule has 1 aliphatic rings. The summed E-state index contributed by atoms with van der Waals surface area (Å²) in [6, 6.07) is 0. The summed E-state index contributed by atoms with van der Waals surface area (Å²) >= 11 is 1.30. The fourth-order valence-electron chi connectivity index (χ4n) is 1.63. The molecule has 0 radical (unpaired) electrons. The summed E-state index contributed by atoms with van der Waals surface area (Å²) in [5.41, 5.74) is 0. The molecule has 2 heterocycles. The second kappa shape index (κ2) is 5.94. The molecular weight excluding hydrogens is 212 g/mol. The van der Waals surface area contributed by atoms with Crippen LogP contribution in [-0.4, -0.2) is 59.0 Å². The second-order valence-electron chi connectivity index (χ2n) is 3.54. The van der Waals surface area contributed by atoms with Crippen molar-refractivity contribution < 1.29 is 0 Å². The van der Waals surface area contributed by atoms with Crippen LogP contribution in [0.25, 0.3) is 0 Å². The number of anilines is 1. The minimum atomic E-state index is 0.815. The monoisotopic (exact) mass is 228 g/mol. The summed E-state index contributed by atoms with van der Waals surface area (Å²) in [6.07, 6.45) is 1.14. The number of piperazine rings is 1. The maximum atomic E-state index is 3.82. The van der Waals surface area contributed by atoms with Crippen LogP contribution >= 0.6 is 11.5 Å². The maximum Gasteiger partial charge on any atom is 0.225 e. The van der Waals surface area contributed by atoms with E-state index in [4.69, 9.17) is 0 Å². The van der Waals surface area contributed by atoms with Crippen LogP contribution in [0.1, 0.15) is 6.42 Å². The molecule has 0 amide bonds. The van der Waals surface area contributed by atoms with E-state index in [2.05, 4.69) is 30.3 Å². The third-order valence-corrected chi connectivity index (χ3v) is 2.99. The first-order valence-corrected chi connectivity index (χ1v) is 6.04. The molecule has 1 aliphatic heterocycles. The molecule has 1 aromatic heterocycles. The number of nitrogens with zero attached hydrogens (tertiary/aromatic N) is 4. The van der Waals surface area contributed by atoms with E-state index in [0.29, 0.717) is 0 Å². The third-order valence-electron chi connectivity index (χ3n) is 2.44. The molecule has 0 unspecified atom stereocenters. The Balaban J connectivity index is 1.54. The molecule has 1 aromatic rings. The molecular formula is C8H16N6S. The van der Waals surface area contributed by atoms with Gasteiger partial charge in [-0.1, -0.05) is 9.59 Å². The van der Waals surface area contributed by atoms with Gasteiger partial charge in [0.15, 0.2) is 0 Å². The molecule has 1 fully saturated rings. The highest BCUT2D eigenvalue weighted by molar-refractivity contribution is 7.09. The van der Waals surface area contributed by atoms with Gasteiger partial charge in [0.2, 0.25) is 5.13 Å². The van der Waals surface area contributed by atoms with Crippen molar-refractivity contribution in [2.45, 2.75) is 6.42 Å². The second-order valence-corrected chi connectivity index (χ2v) is 4.27. The molecule has 7 heteroatoms. The van der Waals surface area contributed by atoms with Gasteiger partial charge in [0.1, 0.15) is 0 Å². The first-order valence-electron chi connectivity index (χ1n) is 5.27. The Hall–Kier alpha value is -0.790. The van der Waals surface area contributed by atoms with Crippen molar-refractivity contribution in [3.8, 4) is 0 Å². The molecule has 0 bridgehead atoms. The van der Waals surface area contributed by atoms with Crippen molar-refractivity contribution in [3.05, 3.63) is 0 Å². The van der Waals surface area contributed by atoms with Crippen LogP contribution in [0.4, 0.5) is 5.13 Å². The molecule has 0 spiro atoms. The summed E-state index contributed by atoms with van der Waals surface area (Å²) in [6.45, 7) is 6.67. The third kappa shape index (κ3) is 3.69. The van der Waals surface area contributed by atoms with Crippen LogP contribution in [0.15, 0.2) is 0 Å². The lowest BCUT2D eigenvalue weighted by atomic mass is 10.3. The van der Waals surface area contributed by atoms with E-state index in [-0.39, 0.29) is 0 Å². The molecule has 6 nitrogen and oxygen atoms in total. The summed E-state index contributed by atoms with van der Waals surface area (Å²) in [5.74, 6) is 0. The zero-order valence-corrected chi connectivity index (χ0v) is 9.46. The number of rotatable bonds is 5. The van der Waals surface area contributed by atoms with Gasteiger partial charge in [0.05, 0.1) is 0 Å². The molecule has 1 saturated heterocycles. The predicted octanol–water partition coefficient (Wildman–Crippen LogP) is -0.360. The SMILES string of the molecule is C(CNc1nnns1)CN1CCNCC1. The van der Waals surface area contributed by atoms with E-state index in [1.165, 1.54) is 24.6 Å². The number of hydrogen-bond acceptors (Lipinski definition) is 7. The molecule has 0 saturated carbocycles. The number of aromatic nitrogens is 3. The molecule has 0 aromatic carbocycles. The summed E-state index contributed by atoms with van der Waals surface area (Å²) < 4.78 is 3.69. The van der Waals surface area contributed by atoms with E-state index in [1.54, 1.807) is 0 Å². The van der Waals surface area contributed by atoms with Crippen LogP contribution < -0.4 is 10.6 Å². The van der Waals surface area contributed by atoms with Gasteiger partial charge in [-0.05, 0) is 18.2 Å². The van der Waals surface area contributed by atoms with E-state index in [9.17, 15) is 0 Å². The Bertz CT molecular complexity index is 258. The highest BCUT2D eigenvalue weighted by Gasteiger charge is 2.08. The van der Waals surface area contributed by atoms with Gasteiger partial charge in [-0.2, -0.15) is 0 Å². The van der Waals surface area contributed by atoms with Gasteiger partial charge >= 0.3 is 0 Å². The van der Waals surface area contributed by atoms with Crippen molar-refractivity contribution >= 4 is 16.7 Å². The highest BCUT2D eigenvalue weighted by atomic mass is 32.1. The van der Waals surface area contributed by atoms with Crippen molar-refractivity contribution in [3.63, 3.8) is 0 Å². The van der Waals surface area contributed by atoms with E-state index in [0.717, 1.165) is 37.7 Å². The zero-order chi connectivity index (χ0) is 10.3. The van der Waals surface area contributed by atoms with Gasteiger partial charge in [-0.25, -0.2) is 0 Å². The average molecular weight is 228 g/mol. The number of hydrogen-bond donors (Lipinski definition) is 2. The number of nitrogens with one attached hydrogen (secondary N) is 2. The topological polar surface area (TPSA) is 66.0 Å². The molecule has 2 rings (SSSR count). The minimum Gasteiger partial charge on any atom is -0.359 e. The lowest BCUT2D eigenvalue weighted by molar-refractivity contribution is 0.240. The van der Waals surface area contributed by atoms with Gasteiger partial charge in [0.25, 0.3) is 0 Å². The Kier molecular flexibility index (Phi) is 4.24. The van der Waals surface area contributed by atoms with Gasteiger partial charge in [-0.3, -0.25) is 0 Å². The maximum absolute atomic E-state index is 3.82. The van der Waals surface area contributed by atoms with Crippen LogP contribution in [0, 0.1) is 0 Å². The van der Waals surface area contributed by atoms with Crippen molar-refractivity contribution in [1.82, 2.24) is 25.0 Å². The van der Waals surface area contributed by atoms with Crippen LogP contribution in [-0.2, 0) is 0 Å². The van der Waals surface area contributed by atoms with Crippen LogP contribution in [0.2, 0.25) is 0 Å². The quantitative estimate of drug-likeness (QED) is 0.671. The van der Waals surface area contributed by atoms with Crippen molar-refractivity contribution in [1.29, 1.82) is 0 Å². The predicted molar refractivity (Wildman–Crippen MR) is 60.1 cm³/mol. The Labute approximate surface area is 93.2 Å². The van der Waals surface area contributed by atoms with Crippen molar-refractivity contribution in [2.24, 2.45) is 0 Å². The smallest absolute Gasteiger partial charge is 0.225 e. The van der Waals surface area contributed by atoms with Gasteiger partial charge in [0, 0.05) is 44.3 Å². The fourth-order valence-corrected chi connectivity index (χ4v) is 2.02. The minimum absolute atomic E-state index is 0.815. The lowest BCUT2D eigenvalue weighted by Gasteiger charge is -2.26. The zero-order valence-electron chi connectivity index (χ0n) is 8.65. The normalized spacial score (nSPS) is 17.9. The Morgan fingerprint density at radius 1 is 1.40 bits per heavy atom. The largest absolute Gasteiger partial charge is 0.359 e. The van der Waals surface area contributed by atoms with E-state index >= 15 is 0 Å². The average Bonchev–Trinajstić information content (AvgIpc) is 2.79. The molecule has 0 aliphatic carbocycles. The lowest BCUT2D eigenvalue weighted by Crippen LogP contribution is -2.44. The van der Waals surface area contributed by atoms with Crippen LogP contribution in [0.3, 0.4) is 0 Å². The molecule has 84 valence electrons.